The summed E-state index contributed by atoms with van der Waals surface area (Å²) in [4.78, 5) is 31.0. The van der Waals surface area contributed by atoms with Gasteiger partial charge in [0.05, 0.1) is 12.1 Å². The number of amides is 1. The number of benzene rings is 1. The van der Waals surface area contributed by atoms with Crippen molar-refractivity contribution in [3.8, 4) is 5.00 Å². The van der Waals surface area contributed by atoms with E-state index in [1.54, 1.807) is 11.3 Å². The Bertz CT molecular complexity index is 1310. The van der Waals surface area contributed by atoms with Crippen LogP contribution in [0.1, 0.15) is 64.9 Å². The highest BCUT2D eigenvalue weighted by Gasteiger charge is 2.33. The minimum atomic E-state index is -1.07. The van der Waals surface area contributed by atoms with Crippen molar-refractivity contribution in [2.75, 3.05) is 6.54 Å². The number of carboxylic acid groups (broad SMARTS) is 1. The molecule has 0 saturated heterocycles. The number of nitrogens with zero attached hydrogens (tertiary/aromatic N) is 4. The van der Waals surface area contributed by atoms with E-state index < -0.39 is 24.0 Å². The van der Waals surface area contributed by atoms with Crippen LogP contribution in [-0.2, 0) is 9.59 Å². The largest absolute Gasteiger partial charge is 0.480 e. The maximum atomic E-state index is 13.1. The summed E-state index contributed by atoms with van der Waals surface area (Å²) in [7, 11) is 0. The standard InChI is InChI=1S/C25H29ClN6O3S/c1-13-14(2)36-24-21(13)22(16-7-9-17(26)10-8-16)29-19(23-31-30-15(3)32(23)24)12-20(33)28-18(25(34)35)6-4-5-11-27/h7-10,18-19H,4-6,11-12,27H2,1-3H3,(H,28,33)(H,34,35)/t18-,19-/m0/s1. The number of aliphatic imine (C=N–C) groups is 1. The van der Waals surface area contributed by atoms with Crippen molar-refractivity contribution in [2.24, 2.45) is 10.7 Å². The van der Waals surface area contributed by atoms with Crippen LogP contribution < -0.4 is 11.1 Å². The number of carbonyl (C=O) groups is 2. The van der Waals surface area contributed by atoms with E-state index in [0.29, 0.717) is 42.5 Å². The molecule has 4 N–H and O–H groups in total. The molecule has 2 aromatic heterocycles. The fraction of sp³-hybridized carbons (Fsp3) is 0.400. The van der Waals surface area contributed by atoms with Crippen LogP contribution in [0.2, 0.25) is 5.02 Å². The lowest BCUT2D eigenvalue weighted by molar-refractivity contribution is -0.142. The zero-order valence-corrected chi connectivity index (χ0v) is 22.0. The first-order valence-electron chi connectivity index (χ1n) is 11.8. The lowest BCUT2D eigenvalue weighted by Crippen LogP contribution is -2.41. The van der Waals surface area contributed by atoms with Gasteiger partial charge in [-0.3, -0.25) is 14.4 Å². The maximum absolute atomic E-state index is 13.1. The van der Waals surface area contributed by atoms with E-state index in [2.05, 4.69) is 29.4 Å². The number of hydrogen-bond donors (Lipinski definition) is 3. The fourth-order valence-corrected chi connectivity index (χ4v) is 5.65. The first-order valence-corrected chi connectivity index (χ1v) is 13.0. The molecule has 3 aromatic rings. The Kier molecular flexibility index (Phi) is 7.87. The zero-order valence-electron chi connectivity index (χ0n) is 20.4. The lowest BCUT2D eigenvalue weighted by atomic mass is 9.99. The Morgan fingerprint density at radius 2 is 1.92 bits per heavy atom. The Morgan fingerprint density at radius 1 is 1.19 bits per heavy atom. The number of carboxylic acids is 1. The van der Waals surface area contributed by atoms with E-state index in [1.165, 1.54) is 0 Å². The number of aromatic nitrogens is 3. The number of fused-ring (bicyclic) bond motifs is 3. The lowest BCUT2D eigenvalue weighted by Gasteiger charge is -2.17. The molecule has 11 heteroatoms. The van der Waals surface area contributed by atoms with Gasteiger partial charge in [0.25, 0.3) is 0 Å². The monoisotopic (exact) mass is 528 g/mol. The molecule has 36 heavy (non-hydrogen) atoms. The number of nitrogens with one attached hydrogen (secondary N) is 1. The molecule has 1 aromatic carbocycles. The van der Waals surface area contributed by atoms with Gasteiger partial charge < -0.3 is 16.2 Å². The van der Waals surface area contributed by atoms with Crippen LogP contribution in [0, 0.1) is 20.8 Å². The fourth-order valence-electron chi connectivity index (χ4n) is 4.31. The highest BCUT2D eigenvalue weighted by Crippen LogP contribution is 2.39. The Morgan fingerprint density at radius 3 is 2.58 bits per heavy atom. The van der Waals surface area contributed by atoms with Crippen molar-refractivity contribution in [2.45, 2.75) is 58.5 Å². The SMILES string of the molecule is Cc1sc2c(c1C)C(c1ccc(Cl)cc1)=N[C@@H](CC(=O)N[C@@H](CCCCN)C(=O)O)c1nnc(C)n1-2. The third-order valence-corrected chi connectivity index (χ3v) is 7.76. The molecule has 0 aliphatic carbocycles. The van der Waals surface area contributed by atoms with E-state index in [1.807, 2.05) is 35.8 Å². The topological polar surface area (TPSA) is 135 Å². The van der Waals surface area contributed by atoms with Crippen LogP contribution in [0.3, 0.4) is 0 Å². The highest BCUT2D eigenvalue weighted by atomic mass is 35.5. The second-order valence-electron chi connectivity index (χ2n) is 8.85. The summed E-state index contributed by atoms with van der Waals surface area (Å²) in [6.07, 6.45) is 1.55. The molecular formula is C25H29ClN6O3S. The van der Waals surface area contributed by atoms with E-state index in [-0.39, 0.29) is 6.42 Å². The summed E-state index contributed by atoms with van der Waals surface area (Å²) in [6, 6.07) is 5.79. The van der Waals surface area contributed by atoms with Gasteiger partial charge in [-0.25, -0.2) is 4.79 Å². The number of rotatable bonds is 9. The van der Waals surface area contributed by atoms with Crippen molar-refractivity contribution < 1.29 is 14.7 Å². The molecule has 1 aliphatic rings. The maximum Gasteiger partial charge on any atom is 0.326 e. The molecule has 0 spiro atoms. The van der Waals surface area contributed by atoms with Crippen LogP contribution in [0.4, 0.5) is 0 Å². The van der Waals surface area contributed by atoms with Gasteiger partial charge in [0, 0.05) is 21.0 Å². The number of unbranched alkanes of at least 4 members (excludes halogenated alkanes) is 1. The number of aryl methyl sites for hydroxylation is 2. The summed E-state index contributed by atoms with van der Waals surface area (Å²) in [6.45, 7) is 6.46. The molecule has 190 valence electrons. The smallest absolute Gasteiger partial charge is 0.326 e. The summed E-state index contributed by atoms with van der Waals surface area (Å²) in [5, 5.41) is 22.5. The van der Waals surface area contributed by atoms with Gasteiger partial charge in [-0.1, -0.05) is 23.7 Å². The first kappa shape index (κ1) is 26.0. The van der Waals surface area contributed by atoms with Crippen LogP contribution in [0.25, 0.3) is 5.00 Å². The van der Waals surface area contributed by atoms with Crippen molar-refractivity contribution in [1.29, 1.82) is 0 Å². The summed E-state index contributed by atoms with van der Waals surface area (Å²) < 4.78 is 1.96. The quantitative estimate of drug-likeness (QED) is 0.360. The molecule has 9 nitrogen and oxygen atoms in total. The molecular weight excluding hydrogens is 500 g/mol. The Balaban J connectivity index is 1.75. The summed E-state index contributed by atoms with van der Waals surface area (Å²) >= 11 is 7.77. The Labute approximate surface area is 218 Å². The zero-order chi connectivity index (χ0) is 26.0. The van der Waals surface area contributed by atoms with Gasteiger partial charge in [0.2, 0.25) is 5.91 Å². The molecule has 0 bridgehead atoms. The molecule has 4 rings (SSSR count). The van der Waals surface area contributed by atoms with Crippen LogP contribution in [0.5, 0.6) is 0 Å². The van der Waals surface area contributed by atoms with Gasteiger partial charge in [0.15, 0.2) is 5.82 Å². The van der Waals surface area contributed by atoms with Crippen LogP contribution in [-0.4, -0.2) is 50.0 Å². The summed E-state index contributed by atoms with van der Waals surface area (Å²) in [5.74, 6) is -0.247. The number of halogens is 1. The van der Waals surface area contributed by atoms with Gasteiger partial charge in [-0.15, -0.1) is 21.5 Å². The van der Waals surface area contributed by atoms with Crippen molar-refractivity contribution >= 4 is 40.5 Å². The molecule has 0 radical (unpaired) electrons. The van der Waals surface area contributed by atoms with E-state index in [9.17, 15) is 14.7 Å². The van der Waals surface area contributed by atoms with Crippen molar-refractivity contribution in [3.05, 3.63) is 62.5 Å². The minimum absolute atomic E-state index is 0.0666. The molecule has 0 unspecified atom stereocenters. The number of hydrogen-bond acceptors (Lipinski definition) is 7. The number of nitrogens with two attached hydrogens (primary N) is 1. The average molecular weight is 529 g/mol. The second kappa shape index (κ2) is 10.9. The van der Waals surface area contributed by atoms with Crippen LogP contribution >= 0.6 is 22.9 Å². The number of thiophene rings is 1. The number of carbonyl (C=O) groups excluding carboxylic acids is 1. The molecule has 0 fully saturated rings. The third-order valence-electron chi connectivity index (χ3n) is 6.32. The van der Waals surface area contributed by atoms with Gasteiger partial charge >= 0.3 is 5.97 Å². The van der Waals surface area contributed by atoms with Crippen molar-refractivity contribution in [1.82, 2.24) is 20.1 Å². The minimum Gasteiger partial charge on any atom is -0.480 e. The molecule has 1 aliphatic heterocycles. The Hall–Kier alpha value is -3.08. The second-order valence-corrected chi connectivity index (χ2v) is 10.5. The highest BCUT2D eigenvalue weighted by molar-refractivity contribution is 7.15. The first-order chi connectivity index (χ1) is 17.2. The molecule has 2 atom stereocenters. The predicted octanol–water partition coefficient (Wildman–Crippen LogP) is 3.89. The van der Waals surface area contributed by atoms with Crippen LogP contribution in [0.15, 0.2) is 29.3 Å². The molecule has 1 amide bonds. The van der Waals surface area contributed by atoms with Gasteiger partial charge in [0.1, 0.15) is 22.9 Å². The normalized spacial score (nSPS) is 15.5. The van der Waals surface area contributed by atoms with E-state index in [0.717, 1.165) is 32.3 Å². The van der Waals surface area contributed by atoms with Crippen molar-refractivity contribution in [3.63, 3.8) is 0 Å². The van der Waals surface area contributed by atoms with E-state index >= 15 is 0 Å². The predicted molar refractivity (Wildman–Crippen MR) is 140 cm³/mol. The molecule has 3 heterocycles. The summed E-state index contributed by atoms with van der Waals surface area (Å²) in [5.41, 5.74) is 9.20. The van der Waals surface area contributed by atoms with Gasteiger partial charge in [-0.2, -0.15) is 0 Å². The van der Waals surface area contributed by atoms with E-state index in [4.69, 9.17) is 22.3 Å². The average Bonchev–Trinajstić information content (AvgIpc) is 3.31. The number of aliphatic carboxylic acids is 1. The third kappa shape index (κ3) is 5.21. The van der Waals surface area contributed by atoms with Gasteiger partial charge in [-0.05, 0) is 64.3 Å². The molecule has 0 saturated carbocycles.